The van der Waals surface area contributed by atoms with Gasteiger partial charge in [0.05, 0.1) is 23.1 Å². The van der Waals surface area contributed by atoms with Crippen molar-refractivity contribution >= 4 is 30.9 Å². The summed E-state index contributed by atoms with van der Waals surface area (Å²) in [5, 5.41) is 0. The summed E-state index contributed by atoms with van der Waals surface area (Å²) in [5.41, 5.74) is 1.98. The van der Waals surface area contributed by atoms with Crippen molar-refractivity contribution in [1.29, 1.82) is 0 Å². The molecule has 2 aromatic heterocycles. The molecule has 0 aliphatic rings. The number of nitrogens with one attached hydrogen (secondary N) is 1. The molecular weight excluding hydrogens is 314 g/mol. The minimum absolute atomic E-state index is 0.0287. The van der Waals surface area contributed by atoms with Crippen molar-refractivity contribution in [2.45, 2.75) is 4.90 Å². The van der Waals surface area contributed by atoms with Crippen molar-refractivity contribution in [3.63, 3.8) is 0 Å². The van der Waals surface area contributed by atoms with E-state index in [1.165, 1.54) is 19.2 Å². The largest absolute Gasteiger partial charge is 0.496 e. The van der Waals surface area contributed by atoms with E-state index in [9.17, 15) is 8.42 Å². The number of nitrogens with zero attached hydrogens (tertiary/aromatic N) is 2. The van der Waals surface area contributed by atoms with Crippen LogP contribution in [0.4, 0.5) is 0 Å². The fourth-order valence-electron chi connectivity index (χ4n) is 1.99. The summed E-state index contributed by atoms with van der Waals surface area (Å²) in [6.45, 7) is 0. The van der Waals surface area contributed by atoms with Gasteiger partial charge in [0.1, 0.15) is 11.6 Å². The maximum Gasteiger partial charge on any atom is 0.261 e. The van der Waals surface area contributed by atoms with Crippen LogP contribution in [0.3, 0.4) is 0 Å². The smallest absolute Gasteiger partial charge is 0.261 e. The maximum atomic E-state index is 11.4. The molecule has 3 aromatic rings. The Bertz CT molecular complexity index is 888. The van der Waals surface area contributed by atoms with Crippen molar-refractivity contribution < 1.29 is 13.2 Å². The van der Waals surface area contributed by atoms with Gasteiger partial charge >= 0.3 is 0 Å². The lowest BCUT2D eigenvalue weighted by molar-refractivity contribution is 0.415. The van der Waals surface area contributed by atoms with Crippen LogP contribution in [-0.2, 0) is 9.05 Å². The number of hydrogen-bond acceptors (Lipinski definition) is 5. The van der Waals surface area contributed by atoms with Crippen LogP contribution in [0.25, 0.3) is 22.6 Å². The number of aromatic amines is 1. The summed E-state index contributed by atoms with van der Waals surface area (Å²) in [6, 6.07) is 8.00. The Morgan fingerprint density at radius 2 is 2.10 bits per heavy atom. The lowest BCUT2D eigenvalue weighted by Gasteiger charge is -2.07. The van der Waals surface area contributed by atoms with Crippen LogP contribution >= 0.6 is 10.7 Å². The number of methoxy groups -OCH3 is 1. The summed E-state index contributed by atoms with van der Waals surface area (Å²) in [4.78, 5) is 11.6. The fourth-order valence-corrected chi connectivity index (χ4v) is 2.76. The van der Waals surface area contributed by atoms with E-state index in [1.807, 2.05) is 6.07 Å². The molecule has 1 aromatic carbocycles. The monoisotopic (exact) mass is 323 g/mol. The van der Waals surface area contributed by atoms with Crippen molar-refractivity contribution in [3.8, 4) is 17.1 Å². The molecule has 1 N–H and O–H groups in total. The zero-order valence-electron chi connectivity index (χ0n) is 10.9. The van der Waals surface area contributed by atoms with E-state index in [2.05, 4.69) is 15.0 Å². The molecule has 0 radical (unpaired) electrons. The molecule has 8 heteroatoms. The standard InChI is InChI=1S/C13H10ClN3O3S/c1-20-11-7-8(21(14,18)19)4-5-9(11)12-16-10-3-2-6-15-13(10)17-12/h2-7H,1H3,(H,15,16,17). The van der Waals surface area contributed by atoms with Crippen LogP contribution in [0.1, 0.15) is 0 Å². The van der Waals surface area contributed by atoms with Gasteiger partial charge in [-0.25, -0.2) is 18.4 Å². The first-order chi connectivity index (χ1) is 9.99. The minimum atomic E-state index is -3.81. The third-order valence-corrected chi connectivity index (χ3v) is 4.32. The highest BCUT2D eigenvalue weighted by atomic mass is 35.7. The molecule has 0 spiro atoms. The first kappa shape index (κ1) is 13.8. The van der Waals surface area contributed by atoms with Crippen LogP contribution in [0.15, 0.2) is 41.4 Å². The second-order valence-corrected chi connectivity index (χ2v) is 6.83. The summed E-state index contributed by atoms with van der Waals surface area (Å²) in [5.74, 6) is 0.898. The molecule has 21 heavy (non-hydrogen) atoms. The van der Waals surface area contributed by atoms with Crippen LogP contribution in [-0.4, -0.2) is 30.5 Å². The number of ether oxygens (including phenoxy) is 1. The molecule has 0 bridgehead atoms. The molecule has 0 saturated carbocycles. The number of imidazole rings is 1. The van der Waals surface area contributed by atoms with Crippen LogP contribution in [0.2, 0.25) is 0 Å². The average molecular weight is 324 g/mol. The second kappa shape index (κ2) is 5.01. The SMILES string of the molecule is COc1cc(S(=O)(=O)Cl)ccc1-c1nc2ncccc2[nH]1. The van der Waals surface area contributed by atoms with Crippen LogP contribution in [0.5, 0.6) is 5.75 Å². The van der Waals surface area contributed by atoms with Gasteiger partial charge in [0.25, 0.3) is 9.05 Å². The van der Waals surface area contributed by atoms with E-state index >= 15 is 0 Å². The van der Waals surface area contributed by atoms with Gasteiger partial charge in [-0.05, 0) is 24.3 Å². The molecular formula is C13H10ClN3O3S. The van der Waals surface area contributed by atoms with E-state index < -0.39 is 9.05 Å². The highest BCUT2D eigenvalue weighted by Crippen LogP contribution is 2.32. The Hall–Kier alpha value is -2.12. The Labute approximate surface area is 125 Å². The lowest BCUT2D eigenvalue weighted by atomic mass is 10.2. The van der Waals surface area contributed by atoms with Gasteiger partial charge < -0.3 is 9.72 Å². The van der Waals surface area contributed by atoms with Gasteiger partial charge in [-0.1, -0.05) is 0 Å². The lowest BCUT2D eigenvalue weighted by Crippen LogP contribution is -1.95. The van der Waals surface area contributed by atoms with Gasteiger partial charge in [0, 0.05) is 22.9 Å². The highest BCUT2D eigenvalue weighted by Gasteiger charge is 2.16. The van der Waals surface area contributed by atoms with Gasteiger partial charge in [-0.3, -0.25) is 0 Å². The van der Waals surface area contributed by atoms with Crippen molar-refractivity contribution in [3.05, 3.63) is 36.5 Å². The Balaban J connectivity index is 2.17. The Morgan fingerprint density at radius 1 is 1.29 bits per heavy atom. The van der Waals surface area contributed by atoms with Crippen LogP contribution < -0.4 is 4.74 Å². The second-order valence-electron chi connectivity index (χ2n) is 4.26. The molecule has 0 saturated heterocycles. The third kappa shape index (κ3) is 2.57. The molecule has 0 aliphatic carbocycles. The van der Waals surface area contributed by atoms with Crippen LogP contribution in [0, 0.1) is 0 Å². The fraction of sp³-hybridized carbons (Fsp3) is 0.0769. The molecule has 0 aliphatic heterocycles. The number of rotatable bonds is 3. The van der Waals surface area contributed by atoms with Crippen molar-refractivity contribution in [2.24, 2.45) is 0 Å². The number of halogens is 1. The average Bonchev–Trinajstić information content (AvgIpc) is 2.89. The number of fused-ring (bicyclic) bond motifs is 1. The quantitative estimate of drug-likeness (QED) is 0.749. The number of aromatic nitrogens is 3. The molecule has 2 heterocycles. The zero-order valence-corrected chi connectivity index (χ0v) is 12.4. The first-order valence-corrected chi connectivity index (χ1v) is 8.24. The van der Waals surface area contributed by atoms with Gasteiger partial charge in [0.15, 0.2) is 5.65 Å². The third-order valence-electron chi connectivity index (χ3n) is 2.97. The summed E-state index contributed by atoms with van der Waals surface area (Å²) >= 11 is 0. The minimum Gasteiger partial charge on any atom is -0.496 e. The van der Waals surface area contributed by atoms with E-state index in [-0.39, 0.29) is 4.90 Å². The number of H-pyrrole nitrogens is 1. The normalized spacial score (nSPS) is 11.7. The van der Waals surface area contributed by atoms with Crippen molar-refractivity contribution in [1.82, 2.24) is 15.0 Å². The summed E-state index contributed by atoms with van der Waals surface area (Å²) in [6.07, 6.45) is 1.65. The molecule has 0 fully saturated rings. The Morgan fingerprint density at radius 3 is 2.76 bits per heavy atom. The number of pyridine rings is 1. The van der Waals surface area contributed by atoms with E-state index in [4.69, 9.17) is 15.4 Å². The predicted molar refractivity (Wildman–Crippen MR) is 78.9 cm³/mol. The topological polar surface area (TPSA) is 84.9 Å². The van der Waals surface area contributed by atoms with Gasteiger partial charge in [-0.2, -0.15) is 0 Å². The summed E-state index contributed by atoms with van der Waals surface area (Å²) < 4.78 is 28.0. The molecule has 0 amide bonds. The zero-order chi connectivity index (χ0) is 15.0. The van der Waals surface area contributed by atoms with E-state index in [0.717, 1.165) is 5.52 Å². The summed E-state index contributed by atoms with van der Waals surface area (Å²) in [7, 11) is 2.97. The van der Waals surface area contributed by atoms with Gasteiger partial charge in [-0.15, -0.1) is 0 Å². The predicted octanol–water partition coefficient (Wildman–Crippen LogP) is 2.56. The number of hydrogen-bond donors (Lipinski definition) is 1. The van der Waals surface area contributed by atoms with E-state index in [1.54, 1.807) is 18.3 Å². The maximum absolute atomic E-state index is 11.4. The van der Waals surface area contributed by atoms with E-state index in [0.29, 0.717) is 22.8 Å². The van der Waals surface area contributed by atoms with Crippen molar-refractivity contribution in [2.75, 3.05) is 7.11 Å². The Kier molecular flexibility index (Phi) is 3.30. The molecule has 0 unspecified atom stereocenters. The molecule has 3 rings (SSSR count). The number of benzene rings is 1. The first-order valence-electron chi connectivity index (χ1n) is 5.93. The molecule has 108 valence electrons. The highest BCUT2D eigenvalue weighted by molar-refractivity contribution is 8.13. The molecule has 0 atom stereocenters. The molecule has 6 nitrogen and oxygen atoms in total. The van der Waals surface area contributed by atoms with Gasteiger partial charge in [0.2, 0.25) is 0 Å².